The van der Waals surface area contributed by atoms with Gasteiger partial charge in [0.25, 0.3) is 0 Å². The van der Waals surface area contributed by atoms with E-state index in [1.54, 1.807) is 18.0 Å². The van der Waals surface area contributed by atoms with Gasteiger partial charge in [0.1, 0.15) is 0 Å². The van der Waals surface area contributed by atoms with Crippen molar-refractivity contribution in [2.24, 2.45) is 28.6 Å². The average molecular weight is 380 g/mol. The lowest BCUT2D eigenvalue weighted by atomic mass is 9.47. The Morgan fingerprint density at radius 3 is 2.68 bits per heavy atom. The molecular formula is C24H33N3O. The normalized spacial score (nSPS) is 39.6. The average Bonchev–Trinajstić information content (AvgIpc) is 3.31. The minimum Gasteiger partial charge on any atom is -0.498 e. The largest absolute Gasteiger partial charge is 0.498 e. The van der Waals surface area contributed by atoms with Crippen molar-refractivity contribution in [2.75, 3.05) is 6.61 Å². The van der Waals surface area contributed by atoms with Crippen LogP contribution in [0, 0.1) is 28.6 Å². The first-order valence-corrected chi connectivity index (χ1v) is 11.1. The molecule has 0 radical (unpaired) electrons. The van der Waals surface area contributed by atoms with Crippen molar-refractivity contribution < 1.29 is 4.74 Å². The van der Waals surface area contributed by atoms with Crippen LogP contribution < -0.4 is 0 Å². The smallest absolute Gasteiger partial charge is 0.0963 e. The van der Waals surface area contributed by atoms with Gasteiger partial charge in [0.2, 0.25) is 0 Å². The number of aromatic nitrogens is 3. The Hall–Kier alpha value is -1.84. The molecule has 28 heavy (non-hydrogen) atoms. The molecule has 1 aromatic heterocycles. The molecular weight excluding hydrogens is 346 g/mol. The predicted molar refractivity (Wildman–Crippen MR) is 111 cm³/mol. The molecule has 4 heteroatoms. The molecule has 4 nitrogen and oxygen atoms in total. The molecule has 0 spiro atoms. The standard InChI is InChI=1S/C24H33N3O/c1-5-28-17-8-10-24(4)20-9-11-23(3)16(2)6-7-19(23)18(20)15-22(21(24)14-17)27-25-12-13-26-27/h6,12-14,18-20H,5,7-11,15H2,1-4H3/t18-,19-,20-,23+,24?/m0/s1. The number of ether oxygens (including phenoxy) is 1. The molecule has 1 unspecified atom stereocenters. The third-order valence-corrected chi connectivity index (χ3v) is 8.77. The van der Waals surface area contributed by atoms with Crippen LogP contribution in [-0.2, 0) is 4.74 Å². The third-order valence-electron chi connectivity index (χ3n) is 8.77. The number of rotatable bonds is 3. The lowest BCUT2D eigenvalue weighted by Crippen LogP contribution is -2.49. The zero-order valence-electron chi connectivity index (χ0n) is 17.7. The molecule has 0 aromatic carbocycles. The predicted octanol–water partition coefficient (Wildman–Crippen LogP) is 5.61. The summed E-state index contributed by atoms with van der Waals surface area (Å²) in [5.41, 5.74) is 4.95. The van der Waals surface area contributed by atoms with Gasteiger partial charge in [-0.05, 0) is 86.2 Å². The fraction of sp³-hybridized carbons (Fsp3) is 0.667. The van der Waals surface area contributed by atoms with E-state index in [2.05, 4.69) is 50.0 Å². The van der Waals surface area contributed by atoms with Gasteiger partial charge in [-0.1, -0.05) is 25.5 Å². The van der Waals surface area contributed by atoms with Gasteiger partial charge in [-0.2, -0.15) is 15.0 Å². The van der Waals surface area contributed by atoms with Crippen LogP contribution in [-0.4, -0.2) is 21.6 Å². The van der Waals surface area contributed by atoms with E-state index >= 15 is 0 Å². The molecule has 0 saturated heterocycles. The fourth-order valence-electron chi connectivity index (χ4n) is 7.04. The van der Waals surface area contributed by atoms with Gasteiger partial charge in [0.15, 0.2) is 0 Å². The maximum Gasteiger partial charge on any atom is 0.0963 e. The topological polar surface area (TPSA) is 39.9 Å². The van der Waals surface area contributed by atoms with Crippen LogP contribution >= 0.6 is 0 Å². The highest BCUT2D eigenvalue weighted by Gasteiger charge is 2.57. The Bertz CT molecular complexity index is 864. The highest BCUT2D eigenvalue weighted by molar-refractivity contribution is 5.60. The van der Waals surface area contributed by atoms with Gasteiger partial charge in [-0.25, -0.2) is 0 Å². The zero-order chi connectivity index (χ0) is 19.5. The molecule has 0 aliphatic heterocycles. The highest BCUT2D eigenvalue weighted by atomic mass is 16.5. The van der Waals surface area contributed by atoms with Crippen molar-refractivity contribution in [3.8, 4) is 0 Å². The Morgan fingerprint density at radius 1 is 1.14 bits per heavy atom. The molecule has 0 N–H and O–H groups in total. The summed E-state index contributed by atoms with van der Waals surface area (Å²) in [5.74, 6) is 3.35. The summed E-state index contributed by atoms with van der Waals surface area (Å²) >= 11 is 0. The van der Waals surface area contributed by atoms with Crippen molar-refractivity contribution in [1.29, 1.82) is 0 Å². The van der Waals surface area contributed by atoms with Crippen LogP contribution in [0.5, 0.6) is 0 Å². The first-order chi connectivity index (χ1) is 13.5. The summed E-state index contributed by atoms with van der Waals surface area (Å²) in [7, 11) is 0. The molecule has 4 aliphatic rings. The van der Waals surface area contributed by atoms with E-state index in [1.807, 2.05) is 4.80 Å². The molecule has 0 amide bonds. The van der Waals surface area contributed by atoms with Gasteiger partial charge in [-0.3, -0.25) is 0 Å². The Morgan fingerprint density at radius 2 is 1.93 bits per heavy atom. The Labute approximate surface area is 168 Å². The number of allylic oxidation sites excluding steroid dienone is 6. The van der Waals surface area contributed by atoms with Gasteiger partial charge < -0.3 is 4.74 Å². The maximum absolute atomic E-state index is 5.95. The second-order valence-electron chi connectivity index (χ2n) is 9.80. The van der Waals surface area contributed by atoms with Gasteiger partial charge >= 0.3 is 0 Å². The third kappa shape index (κ3) is 2.42. The second-order valence-corrected chi connectivity index (χ2v) is 9.80. The first-order valence-electron chi connectivity index (χ1n) is 11.1. The quantitative estimate of drug-likeness (QED) is 0.641. The zero-order valence-corrected chi connectivity index (χ0v) is 17.7. The van der Waals surface area contributed by atoms with E-state index < -0.39 is 0 Å². The molecule has 0 bridgehead atoms. The monoisotopic (exact) mass is 379 g/mol. The highest BCUT2D eigenvalue weighted by Crippen LogP contribution is 2.66. The van der Waals surface area contributed by atoms with Crippen molar-refractivity contribution in [3.63, 3.8) is 0 Å². The number of fused-ring (bicyclic) bond motifs is 5. The van der Waals surface area contributed by atoms with E-state index in [-0.39, 0.29) is 5.41 Å². The summed E-state index contributed by atoms with van der Waals surface area (Å²) in [5, 5.41) is 9.11. The summed E-state index contributed by atoms with van der Waals surface area (Å²) in [6.45, 7) is 10.2. The van der Waals surface area contributed by atoms with Crippen molar-refractivity contribution in [1.82, 2.24) is 15.0 Å². The van der Waals surface area contributed by atoms with E-state index in [9.17, 15) is 0 Å². The Balaban J connectivity index is 1.63. The number of hydrogen-bond donors (Lipinski definition) is 0. The van der Waals surface area contributed by atoms with E-state index in [1.165, 1.54) is 37.0 Å². The van der Waals surface area contributed by atoms with Crippen LogP contribution in [0.1, 0.15) is 66.2 Å². The van der Waals surface area contributed by atoms with Gasteiger partial charge in [-0.15, -0.1) is 0 Å². The van der Waals surface area contributed by atoms with Crippen molar-refractivity contribution >= 4 is 5.70 Å². The van der Waals surface area contributed by atoms with E-state index in [0.29, 0.717) is 11.3 Å². The number of hydrogen-bond acceptors (Lipinski definition) is 3. The number of nitrogens with zero attached hydrogens (tertiary/aromatic N) is 3. The summed E-state index contributed by atoms with van der Waals surface area (Å²) in [6, 6.07) is 0. The molecule has 1 saturated carbocycles. The molecule has 4 aliphatic carbocycles. The van der Waals surface area contributed by atoms with Crippen LogP contribution in [0.15, 0.2) is 41.5 Å². The summed E-state index contributed by atoms with van der Waals surface area (Å²) in [6.07, 6.45) is 15.7. The fourth-order valence-corrected chi connectivity index (χ4v) is 7.04. The van der Waals surface area contributed by atoms with Crippen LogP contribution in [0.4, 0.5) is 0 Å². The summed E-state index contributed by atoms with van der Waals surface area (Å²) < 4.78 is 5.95. The van der Waals surface area contributed by atoms with E-state index in [4.69, 9.17) is 4.74 Å². The lowest BCUT2D eigenvalue weighted by molar-refractivity contribution is -0.0111. The van der Waals surface area contributed by atoms with Crippen molar-refractivity contribution in [3.05, 3.63) is 41.5 Å². The molecule has 5 rings (SSSR count). The minimum absolute atomic E-state index is 0.199. The molecule has 5 atom stereocenters. The second kappa shape index (κ2) is 6.33. The Kier molecular flexibility index (Phi) is 4.12. The molecule has 1 fully saturated rings. The SMILES string of the molecule is CCOC1=CC2=C(n3nccn3)C[C@@H]3[C@H](CC[C@]4(C)C(C)=CC[C@@H]34)C2(C)CC1. The molecule has 1 aromatic rings. The lowest BCUT2D eigenvalue weighted by Gasteiger charge is -2.57. The van der Waals surface area contributed by atoms with Crippen LogP contribution in [0.25, 0.3) is 5.70 Å². The minimum atomic E-state index is 0.199. The van der Waals surface area contributed by atoms with Crippen LogP contribution in [0.3, 0.4) is 0 Å². The molecule has 1 heterocycles. The van der Waals surface area contributed by atoms with Crippen LogP contribution in [0.2, 0.25) is 0 Å². The van der Waals surface area contributed by atoms with Gasteiger partial charge in [0.05, 0.1) is 30.5 Å². The maximum atomic E-state index is 5.95. The first kappa shape index (κ1) is 18.2. The molecule has 150 valence electrons. The van der Waals surface area contributed by atoms with Crippen molar-refractivity contribution in [2.45, 2.75) is 66.2 Å². The summed E-state index contributed by atoms with van der Waals surface area (Å²) in [4.78, 5) is 1.90. The van der Waals surface area contributed by atoms with E-state index in [0.717, 1.165) is 37.0 Å². The van der Waals surface area contributed by atoms with Gasteiger partial charge in [0, 0.05) is 6.42 Å².